The van der Waals surface area contributed by atoms with E-state index < -0.39 is 0 Å². The standard InChI is InChI=1S/C11H8N6O/c12-7-2-1-3-15-9(7)11-16-10(17-18-11)8-6-13-4-5-14-8/h1-6H,12H2. The molecule has 2 N–H and O–H groups in total. The number of hydrogen-bond donors (Lipinski definition) is 1. The van der Waals surface area contributed by atoms with Crippen LogP contribution in [0.1, 0.15) is 0 Å². The van der Waals surface area contributed by atoms with E-state index in [2.05, 4.69) is 25.1 Å². The van der Waals surface area contributed by atoms with Gasteiger partial charge in [-0.2, -0.15) is 4.98 Å². The third kappa shape index (κ3) is 1.77. The van der Waals surface area contributed by atoms with Crippen LogP contribution >= 0.6 is 0 Å². The lowest BCUT2D eigenvalue weighted by molar-refractivity contribution is 0.431. The van der Waals surface area contributed by atoms with Crippen LogP contribution < -0.4 is 5.73 Å². The molecule has 0 aromatic carbocycles. The smallest absolute Gasteiger partial charge is 0.279 e. The Bertz CT molecular complexity index is 666. The van der Waals surface area contributed by atoms with E-state index in [0.717, 1.165) is 0 Å². The monoisotopic (exact) mass is 240 g/mol. The summed E-state index contributed by atoms with van der Waals surface area (Å²) in [5.74, 6) is 0.608. The Labute approximate surface area is 102 Å². The highest BCUT2D eigenvalue weighted by Crippen LogP contribution is 2.23. The zero-order valence-electron chi connectivity index (χ0n) is 9.19. The Kier molecular flexibility index (Phi) is 2.41. The largest absolute Gasteiger partial charge is 0.397 e. The van der Waals surface area contributed by atoms with Gasteiger partial charge in [-0.25, -0.2) is 9.97 Å². The highest BCUT2D eigenvalue weighted by molar-refractivity contribution is 5.66. The first-order valence-electron chi connectivity index (χ1n) is 5.15. The molecule has 0 atom stereocenters. The van der Waals surface area contributed by atoms with Crippen LogP contribution in [0.4, 0.5) is 5.69 Å². The third-order valence-corrected chi connectivity index (χ3v) is 2.26. The van der Waals surface area contributed by atoms with Gasteiger partial charge in [-0.05, 0) is 12.1 Å². The van der Waals surface area contributed by atoms with E-state index in [1.54, 1.807) is 36.9 Å². The molecule has 0 spiro atoms. The molecule has 3 rings (SSSR count). The number of hydrogen-bond acceptors (Lipinski definition) is 7. The van der Waals surface area contributed by atoms with Gasteiger partial charge in [0.1, 0.15) is 5.69 Å². The summed E-state index contributed by atoms with van der Waals surface area (Å²) in [6.07, 6.45) is 6.29. The Morgan fingerprint density at radius 3 is 2.83 bits per heavy atom. The quantitative estimate of drug-likeness (QED) is 0.716. The molecule has 7 heteroatoms. The molecule has 0 unspecified atom stereocenters. The summed E-state index contributed by atoms with van der Waals surface area (Å²) in [6.45, 7) is 0. The molecule has 3 aromatic rings. The van der Waals surface area contributed by atoms with Crippen molar-refractivity contribution in [3.05, 3.63) is 36.9 Å². The van der Waals surface area contributed by atoms with E-state index in [-0.39, 0.29) is 5.89 Å². The SMILES string of the molecule is Nc1cccnc1-c1nc(-c2cnccn2)no1. The summed E-state index contributed by atoms with van der Waals surface area (Å²) in [5.41, 5.74) is 7.25. The van der Waals surface area contributed by atoms with Crippen LogP contribution in [0.25, 0.3) is 23.1 Å². The average molecular weight is 240 g/mol. The van der Waals surface area contributed by atoms with E-state index >= 15 is 0 Å². The van der Waals surface area contributed by atoms with Gasteiger partial charge in [0.05, 0.1) is 11.9 Å². The molecule has 3 heterocycles. The summed E-state index contributed by atoms with van der Waals surface area (Å²) in [7, 11) is 0. The van der Waals surface area contributed by atoms with Crippen molar-refractivity contribution in [1.82, 2.24) is 25.1 Å². The van der Waals surface area contributed by atoms with Crippen LogP contribution in [0.2, 0.25) is 0 Å². The van der Waals surface area contributed by atoms with Crippen molar-refractivity contribution in [2.24, 2.45) is 0 Å². The fourth-order valence-corrected chi connectivity index (χ4v) is 1.43. The molecule has 0 fully saturated rings. The second-order valence-corrected chi connectivity index (χ2v) is 3.46. The molecule has 7 nitrogen and oxygen atoms in total. The first kappa shape index (κ1) is 10.3. The van der Waals surface area contributed by atoms with Crippen molar-refractivity contribution < 1.29 is 4.52 Å². The van der Waals surface area contributed by atoms with Crippen LogP contribution in [0.3, 0.4) is 0 Å². The first-order chi connectivity index (χ1) is 8.84. The Morgan fingerprint density at radius 2 is 2.06 bits per heavy atom. The van der Waals surface area contributed by atoms with Crippen molar-refractivity contribution in [2.45, 2.75) is 0 Å². The summed E-state index contributed by atoms with van der Waals surface area (Å²) in [4.78, 5) is 16.3. The fraction of sp³-hybridized carbons (Fsp3) is 0. The predicted octanol–water partition coefficient (Wildman–Crippen LogP) is 1.17. The first-order valence-corrected chi connectivity index (χ1v) is 5.15. The molecule has 0 aliphatic heterocycles. The number of anilines is 1. The highest BCUT2D eigenvalue weighted by atomic mass is 16.5. The number of aromatic nitrogens is 5. The maximum Gasteiger partial charge on any atom is 0.279 e. The van der Waals surface area contributed by atoms with Crippen molar-refractivity contribution in [3.63, 3.8) is 0 Å². The van der Waals surface area contributed by atoms with Crippen molar-refractivity contribution in [2.75, 3.05) is 5.73 Å². The van der Waals surface area contributed by atoms with E-state index in [1.165, 1.54) is 0 Å². The summed E-state index contributed by atoms with van der Waals surface area (Å²) in [6, 6.07) is 3.45. The Balaban J connectivity index is 2.03. The van der Waals surface area contributed by atoms with E-state index in [4.69, 9.17) is 10.3 Å². The Hall–Kier alpha value is -2.83. The van der Waals surface area contributed by atoms with Crippen molar-refractivity contribution in [3.8, 4) is 23.1 Å². The van der Waals surface area contributed by atoms with E-state index in [0.29, 0.717) is 22.9 Å². The maximum atomic E-state index is 5.78. The van der Waals surface area contributed by atoms with Gasteiger partial charge in [-0.15, -0.1) is 0 Å². The molecule has 0 radical (unpaired) electrons. The Morgan fingerprint density at radius 1 is 1.11 bits per heavy atom. The minimum atomic E-state index is 0.258. The fourth-order valence-electron chi connectivity index (χ4n) is 1.43. The summed E-state index contributed by atoms with van der Waals surface area (Å²) in [5, 5.41) is 3.82. The molecular formula is C11H8N6O. The average Bonchev–Trinajstić information content (AvgIpc) is 2.90. The van der Waals surface area contributed by atoms with Crippen LogP contribution in [-0.2, 0) is 0 Å². The molecule has 3 aromatic heterocycles. The minimum Gasteiger partial charge on any atom is -0.397 e. The second-order valence-electron chi connectivity index (χ2n) is 3.46. The molecular weight excluding hydrogens is 232 g/mol. The third-order valence-electron chi connectivity index (χ3n) is 2.26. The molecule has 0 aliphatic rings. The van der Waals surface area contributed by atoms with Gasteiger partial charge in [-0.1, -0.05) is 5.16 Å². The topological polar surface area (TPSA) is 104 Å². The zero-order chi connectivity index (χ0) is 12.4. The highest BCUT2D eigenvalue weighted by Gasteiger charge is 2.14. The molecule has 88 valence electrons. The molecule has 18 heavy (non-hydrogen) atoms. The van der Waals surface area contributed by atoms with Crippen LogP contribution in [-0.4, -0.2) is 25.1 Å². The number of rotatable bonds is 2. The van der Waals surface area contributed by atoms with E-state index in [1.807, 2.05) is 0 Å². The van der Waals surface area contributed by atoms with Gasteiger partial charge in [-0.3, -0.25) is 4.98 Å². The van der Waals surface area contributed by atoms with Crippen LogP contribution in [0.5, 0.6) is 0 Å². The summed E-state index contributed by atoms with van der Waals surface area (Å²) >= 11 is 0. The van der Waals surface area contributed by atoms with Gasteiger partial charge >= 0.3 is 0 Å². The number of nitrogens with zero attached hydrogens (tertiary/aromatic N) is 5. The second kappa shape index (κ2) is 4.21. The lowest BCUT2D eigenvalue weighted by Crippen LogP contribution is -1.92. The lowest BCUT2D eigenvalue weighted by Gasteiger charge is -1.96. The summed E-state index contributed by atoms with van der Waals surface area (Å²) < 4.78 is 5.11. The van der Waals surface area contributed by atoms with Crippen molar-refractivity contribution in [1.29, 1.82) is 0 Å². The van der Waals surface area contributed by atoms with Gasteiger partial charge in [0.15, 0.2) is 5.69 Å². The molecule has 0 saturated carbocycles. The van der Waals surface area contributed by atoms with Crippen LogP contribution in [0.15, 0.2) is 41.4 Å². The van der Waals surface area contributed by atoms with Gasteiger partial charge in [0.25, 0.3) is 5.89 Å². The minimum absolute atomic E-state index is 0.258. The normalized spacial score (nSPS) is 10.4. The molecule has 0 bridgehead atoms. The zero-order valence-corrected chi connectivity index (χ0v) is 9.19. The molecule has 0 saturated heterocycles. The lowest BCUT2D eigenvalue weighted by atomic mass is 10.3. The van der Waals surface area contributed by atoms with Gasteiger partial charge in [0, 0.05) is 18.6 Å². The molecule has 0 amide bonds. The molecule has 0 aliphatic carbocycles. The van der Waals surface area contributed by atoms with Gasteiger partial charge < -0.3 is 10.3 Å². The maximum absolute atomic E-state index is 5.78. The van der Waals surface area contributed by atoms with Crippen LogP contribution in [0, 0.1) is 0 Å². The number of nitrogen functional groups attached to an aromatic ring is 1. The number of pyridine rings is 1. The van der Waals surface area contributed by atoms with Gasteiger partial charge in [0.2, 0.25) is 5.82 Å². The number of nitrogens with two attached hydrogens (primary N) is 1. The van der Waals surface area contributed by atoms with E-state index in [9.17, 15) is 0 Å². The van der Waals surface area contributed by atoms with Crippen molar-refractivity contribution >= 4 is 5.69 Å². The predicted molar refractivity (Wildman–Crippen MR) is 63.0 cm³/mol.